The Labute approximate surface area is 169 Å². The van der Waals surface area contributed by atoms with Crippen molar-refractivity contribution in [2.24, 2.45) is 0 Å². The van der Waals surface area contributed by atoms with E-state index >= 15 is 0 Å². The maximum atomic E-state index is 12.1. The van der Waals surface area contributed by atoms with Crippen LogP contribution < -0.4 is 5.32 Å². The van der Waals surface area contributed by atoms with Crippen molar-refractivity contribution in [2.45, 2.75) is 102 Å². The fourth-order valence-electron chi connectivity index (χ4n) is 5.79. The Morgan fingerprint density at radius 2 is 0.889 bits per heavy atom. The van der Waals surface area contributed by atoms with Gasteiger partial charge in [0.15, 0.2) is 0 Å². The molecule has 1 N–H and O–H groups in total. The molecule has 2 fully saturated rings. The normalized spacial score (nSPS) is 27.7. The van der Waals surface area contributed by atoms with Crippen LogP contribution in [0, 0.1) is 0 Å². The smallest absolute Gasteiger partial charge is 0.134 e. The number of rotatable bonds is 6. The molecule has 5 heteroatoms. The van der Waals surface area contributed by atoms with E-state index in [1.54, 1.807) is 0 Å². The van der Waals surface area contributed by atoms with E-state index in [-0.39, 0.29) is 36.5 Å². The molecule has 3 nitrogen and oxygen atoms in total. The van der Waals surface area contributed by atoms with Gasteiger partial charge in [-0.05, 0) is 46.0 Å². The van der Waals surface area contributed by atoms with Gasteiger partial charge in [-0.25, -0.2) is 0 Å². The van der Waals surface area contributed by atoms with Crippen LogP contribution in [0.15, 0.2) is 0 Å². The molecule has 0 unspecified atom stereocenters. The van der Waals surface area contributed by atoms with E-state index in [1.165, 1.54) is 12.3 Å². The molecular weight excluding hydrogens is 372 g/mol. The van der Waals surface area contributed by atoms with Crippen LogP contribution >= 0.6 is 15.8 Å². The van der Waals surface area contributed by atoms with E-state index in [9.17, 15) is 9.59 Å². The maximum absolute atomic E-state index is 12.1. The highest BCUT2D eigenvalue weighted by atomic mass is 31.1. The highest BCUT2D eigenvalue weighted by Gasteiger charge is 2.47. The maximum Gasteiger partial charge on any atom is 0.134 e. The van der Waals surface area contributed by atoms with Crippen molar-refractivity contribution in [3.63, 3.8) is 0 Å². The molecule has 2 aliphatic rings. The Bertz CT molecular complexity index is 491. The van der Waals surface area contributed by atoms with Gasteiger partial charge < -0.3 is 5.32 Å². The van der Waals surface area contributed by atoms with Gasteiger partial charge in [0.25, 0.3) is 0 Å². The largest absolute Gasteiger partial charge is 0.316 e. The highest BCUT2D eigenvalue weighted by molar-refractivity contribution is 7.61. The summed E-state index contributed by atoms with van der Waals surface area (Å²) in [6, 6.07) is 0. The van der Waals surface area contributed by atoms with Crippen LogP contribution in [0.3, 0.4) is 0 Å². The minimum Gasteiger partial charge on any atom is -0.316 e. The third kappa shape index (κ3) is 5.61. The Morgan fingerprint density at radius 3 is 1.15 bits per heavy atom. The van der Waals surface area contributed by atoms with E-state index in [0.29, 0.717) is 11.6 Å². The molecular formula is C22H41NO2P2. The minimum atomic E-state index is -0.183. The standard InChI is InChI=1S/C22H41NO2P2/c1-19(2)13-17(24)14-20(3,4)26(19)11-9-23-10-12-27-21(5,6)15-18(25)16-22(27,7)8/h23H,9-16H2,1-8H3. The van der Waals surface area contributed by atoms with E-state index in [1.807, 2.05) is 0 Å². The van der Waals surface area contributed by atoms with Crippen LogP contribution in [0.25, 0.3) is 0 Å². The van der Waals surface area contributed by atoms with E-state index < -0.39 is 0 Å². The number of Topliss-reactive ketones (excluding diaryl/α,β-unsaturated/α-hetero) is 2. The third-order valence-corrected chi connectivity index (χ3v) is 14.3. The topological polar surface area (TPSA) is 46.2 Å². The van der Waals surface area contributed by atoms with E-state index in [4.69, 9.17) is 0 Å². The molecule has 0 radical (unpaired) electrons. The fraction of sp³-hybridized carbons (Fsp3) is 0.909. The minimum absolute atomic E-state index is 0.160. The first kappa shape index (κ1) is 23.4. The average molecular weight is 414 g/mol. The van der Waals surface area contributed by atoms with Crippen molar-refractivity contribution in [3.05, 3.63) is 0 Å². The summed E-state index contributed by atoms with van der Waals surface area (Å²) in [5.74, 6) is 0.881. The monoisotopic (exact) mass is 413 g/mol. The predicted octanol–water partition coefficient (Wildman–Crippen LogP) is 5.38. The van der Waals surface area contributed by atoms with Gasteiger partial charge in [0.2, 0.25) is 0 Å². The van der Waals surface area contributed by atoms with Gasteiger partial charge in [-0.15, -0.1) is 0 Å². The number of hydrogen-bond donors (Lipinski definition) is 1. The highest BCUT2D eigenvalue weighted by Crippen LogP contribution is 2.65. The lowest BCUT2D eigenvalue weighted by Crippen LogP contribution is -2.43. The molecule has 156 valence electrons. The molecule has 2 rings (SSSR count). The third-order valence-electron chi connectivity index (χ3n) is 6.47. The van der Waals surface area contributed by atoms with Gasteiger partial charge in [0.05, 0.1) is 0 Å². The summed E-state index contributed by atoms with van der Waals surface area (Å²) < 4.78 is 0. The van der Waals surface area contributed by atoms with Gasteiger partial charge in [0.1, 0.15) is 11.6 Å². The summed E-state index contributed by atoms with van der Waals surface area (Å²) in [6.07, 6.45) is 5.42. The van der Waals surface area contributed by atoms with Gasteiger partial charge in [-0.2, -0.15) is 0 Å². The summed E-state index contributed by atoms with van der Waals surface area (Å²) in [6.45, 7) is 20.5. The van der Waals surface area contributed by atoms with Gasteiger partial charge >= 0.3 is 0 Å². The number of nitrogens with one attached hydrogen (secondary N) is 1. The Morgan fingerprint density at radius 1 is 0.630 bits per heavy atom. The first-order chi connectivity index (χ1) is 12.2. The Hall–Kier alpha value is 0.160. The number of carbonyl (C=O) groups is 2. The Kier molecular flexibility index (Phi) is 7.05. The SMILES string of the molecule is CC1(C)CC(=O)CC(C)(C)P1CCNCCP1C(C)(C)CC(=O)CC1(C)C. The van der Waals surface area contributed by atoms with Crippen LogP contribution in [0.1, 0.15) is 81.1 Å². The van der Waals surface area contributed by atoms with E-state index in [2.05, 4.69) is 60.7 Å². The molecule has 2 aliphatic heterocycles. The van der Waals surface area contributed by atoms with Crippen LogP contribution in [0.2, 0.25) is 0 Å². The quantitative estimate of drug-likeness (QED) is 0.470. The zero-order valence-corrected chi connectivity index (χ0v) is 20.7. The predicted molar refractivity (Wildman–Crippen MR) is 121 cm³/mol. The van der Waals surface area contributed by atoms with Crippen molar-refractivity contribution in [1.29, 1.82) is 0 Å². The second-order valence-corrected chi connectivity index (χ2v) is 18.5. The van der Waals surface area contributed by atoms with Gasteiger partial charge in [-0.1, -0.05) is 71.2 Å². The molecule has 2 heterocycles. The zero-order valence-electron chi connectivity index (χ0n) is 18.9. The van der Waals surface area contributed by atoms with Crippen molar-refractivity contribution in [2.75, 3.05) is 25.4 Å². The molecule has 0 spiro atoms. The van der Waals surface area contributed by atoms with Crippen LogP contribution in [-0.4, -0.2) is 57.6 Å². The summed E-state index contributed by atoms with van der Waals surface area (Å²) in [5.41, 5.74) is 0. The van der Waals surface area contributed by atoms with Gasteiger partial charge in [-0.3, -0.25) is 9.59 Å². The molecule has 0 atom stereocenters. The molecule has 2 saturated heterocycles. The molecule has 0 bridgehead atoms. The van der Waals surface area contributed by atoms with Crippen molar-refractivity contribution < 1.29 is 9.59 Å². The Balaban J connectivity index is 1.86. The molecule has 0 aromatic heterocycles. The van der Waals surface area contributed by atoms with Crippen LogP contribution in [0.4, 0.5) is 0 Å². The lowest BCUT2D eigenvalue weighted by atomic mass is 9.97. The summed E-state index contributed by atoms with van der Waals surface area (Å²) >= 11 is 0. The molecule has 0 aromatic carbocycles. The summed E-state index contributed by atoms with van der Waals surface area (Å²) in [7, 11) is -0.365. The first-order valence-electron chi connectivity index (χ1n) is 10.5. The average Bonchev–Trinajstić information content (AvgIpc) is 2.39. The molecule has 27 heavy (non-hydrogen) atoms. The zero-order chi connectivity index (χ0) is 20.7. The fourth-order valence-corrected chi connectivity index (χ4v) is 13.7. The van der Waals surface area contributed by atoms with Crippen molar-refractivity contribution >= 4 is 27.4 Å². The molecule has 0 saturated carbocycles. The summed E-state index contributed by atoms with van der Waals surface area (Å²) in [5, 5.41) is 4.36. The lowest BCUT2D eigenvalue weighted by Gasteiger charge is -2.49. The van der Waals surface area contributed by atoms with E-state index in [0.717, 1.165) is 38.8 Å². The second kappa shape index (κ2) is 8.12. The van der Waals surface area contributed by atoms with Crippen LogP contribution in [0.5, 0.6) is 0 Å². The first-order valence-corrected chi connectivity index (χ1v) is 13.5. The lowest BCUT2D eigenvalue weighted by molar-refractivity contribution is -0.121. The number of hydrogen-bond acceptors (Lipinski definition) is 3. The summed E-state index contributed by atoms with van der Waals surface area (Å²) in [4.78, 5) is 24.2. The molecule has 0 aliphatic carbocycles. The molecule has 0 aromatic rings. The number of ketones is 2. The number of carbonyl (C=O) groups excluding carboxylic acids is 2. The second-order valence-electron chi connectivity index (χ2n) is 11.1. The van der Waals surface area contributed by atoms with Gasteiger partial charge in [0, 0.05) is 25.7 Å². The van der Waals surface area contributed by atoms with Crippen LogP contribution in [-0.2, 0) is 9.59 Å². The van der Waals surface area contributed by atoms with Crippen molar-refractivity contribution in [1.82, 2.24) is 5.32 Å². The molecule has 0 amide bonds. The van der Waals surface area contributed by atoms with Crippen molar-refractivity contribution in [3.8, 4) is 0 Å².